The molecule has 1 saturated heterocycles. The fourth-order valence-electron chi connectivity index (χ4n) is 2.62. The van der Waals surface area contributed by atoms with Crippen molar-refractivity contribution in [3.8, 4) is 5.88 Å². The molecule has 23 heavy (non-hydrogen) atoms. The lowest BCUT2D eigenvalue weighted by molar-refractivity contribution is 0.00736. The van der Waals surface area contributed by atoms with Crippen LogP contribution in [0.25, 0.3) is 0 Å². The molecular weight excluding hydrogens is 294 g/mol. The summed E-state index contributed by atoms with van der Waals surface area (Å²) in [4.78, 5) is 14.2. The minimum atomic E-state index is -0.465. The second kappa shape index (κ2) is 7.62. The number of nitrogens with zero attached hydrogens (tertiary/aromatic N) is 3. The van der Waals surface area contributed by atoms with E-state index in [2.05, 4.69) is 10.2 Å². The van der Waals surface area contributed by atoms with E-state index < -0.39 is 5.60 Å². The summed E-state index contributed by atoms with van der Waals surface area (Å²) < 4.78 is 11.1. The minimum absolute atomic E-state index is 0.164. The number of hydrogen-bond acceptors (Lipinski definition) is 5. The lowest BCUT2D eigenvalue weighted by Crippen LogP contribution is -2.46. The molecule has 2 heterocycles. The molecule has 1 fully saturated rings. The van der Waals surface area contributed by atoms with Gasteiger partial charge in [-0.15, -0.1) is 5.10 Å². The Labute approximate surface area is 138 Å². The zero-order valence-electron chi connectivity index (χ0n) is 14.5. The third-order valence-electron chi connectivity index (χ3n) is 3.73. The molecule has 0 saturated carbocycles. The van der Waals surface area contributed by atoms with Crippen LogP contribution in [0.3, 0.4) is 0 Å². The van der Waals surface area contributed by atoms with Gasteiger partial charge in [0.25, 0.3) is 0 Å². The van der Waals surface area contributed by atoms with Crippen molar-refractivity contribution in [3.63, 3.8) is 0 Å². The molecule has 1 amide bonds. The number of rotatable bonds is 4. The molecule has 6 nitrogen and oxygen atoms in total. The predicted octanol–water partition coefficient (Wildman–Crippen LogP) is 3.34. The van der Waals surface area contributed by atoms with Crippen LogP contribution in [0.4, 0.5) is 4.79 Å². The minimum Gasteiger partial charge on any atom is -0.477 e. The van der Waals surface area contributed by atoms with Crippen molar-refractivity contribution < 1.29 is 14.3 Å². The molecule has 0 N–H and O–H groups in total. The van der Waals surface area contributed by atoms with Crippen LogP contribution in [0.5, 0.6) is 5.88 Å². The summed E-state index contributed by atoms with van der Waals surface area (Å²) in [5.41, 5.74) is 0.397. The maximum absolute atomic E-state index is 12.3. The molecule has 0 spiro atoms. The molecular formula is C17H27N3O3. The number of aromatic nitrogens is 2. The van der Waals surface area contributed by atoms with Crippen LogP contribution >= 0.6 is 0 Å². The highest BCUT2D eigenvalue weighted by molar-refractivity contribution is 5.68. The molecule has 0 bridgehead atoms. The number of amides is 1. The van der Waals surface area contributed by atoms with Crippen LogP contribution in [0.1, 0.15) is 52.1 Å². The van der Waals surface area contributed by atoms with Gasteiger partial charge in [-0.2, -0.15) is 5.10 Å². The van der Waals surface area contributed by atoms with Crippen molar-refractivity contribution >= 4 is 6.09 Å². The Balaban J connectivity index is 1.86. The van der Waals surface area contributed by atoms with Gasteiger partial charge in [0.2, 0.25) is 5.88 Å². The average molecular weight is 321 g/mol. The normalized spacial score (nSPS) is 18.6. The molecule has 1 aliphatic heterocycles. The Bertz CT molecular complexity index is 511. The van der Waals surface area contributed by atoms with Gasteiger partial charge in [-0.25, -0.2) is 4.79 Å². The maximum atomic E-state index is 12.3. The van der Waals surface area contributed by atoms with Crippen molar-refractivity contribution in [2.45, 2.75) is 65.0 Å². The van der Waals surface area contributed by atoms with Gasteiger partial charge in [-0.3, -0.25) is 0 Å². The summed E-state index contributed by atoms with van der Waals surface area (Å²) in [6.07, 6.45) is 3.70. The first-order valence-electron chi connectivity index (χ1n) is 8.28. The van der Waals surface area contributed by atoms with E-state index in [1.165, 1.54) is 0 Å². The smallest absolute Gasteiger partial charge is 0.410 e. The Morgan fingerprint density at radius 1 is 1.30 bits per heavy atom. The van der Waals surface area contributed by atoms with Gasteiger partial charge in [0.05, 0.1) is 12.3 Å². The summed E-state index contributed by atoms with van der Waals surface area (Å²) in [5, 5.41) is 7.95. The van der Waals surface area contributed by atoms with Crippen LogP contribution < -0.4 is 4.74 Å². The lowest BCUT2D eigenvalue weighted by Gasteiger charge is -2.36. The van der Waals surface area contributed by atoms with Crippen LogP contribution in [-0.2, 0) is 4.74 Å². The highest BCUT2D eigenvalue weighted by atomic mass is 16.6. The third-order valence-corrected chi connectivity index (χ3v) is 3.73. The first kappa shape index (κ1) is 17.5. The zero-order valence-corrected chi connectivity index (χ0v) is 14.5. The largest absolute Gasteiger partial charge is 0.477 e. The van der Waals surface area contributed by atoms with Crippen molar-refractivity contribution in [1.82, 2.24) is 15.1 Å². The van der Waals surface area contributed by atoms with Crippen molar-refractivity contribution in [2.24, 2.45) is 0 Å². The summed E-state index contributed by atoms with van der Waals surface area (Å²) in [5.74, 6) is 0.523. The van der Waals surface area contributed by atoms with E-state index in [9.17, 15) is 4.79 Å². The van der Waals surface area contributed by atoms with Crippen LogP contribution in [0, 0.1) is 6.92 Å². The molecule has 128 valence electrons. The highest BCUT2D eigenvalue weighted by Gasteiger charge is 2.30. The van der Waals surface area contributed by atoms with Crippen molar-refractivity contribution in [3.05, 3.63) is 17.8 Å². The van der Waals surface area contributed by atoms with E-state index in [0.717, 1.165) is 37.9 Å². The average Bonchev–Trinajstić information content (AvgIpc) is 2.48. The van der Waals surface area contributed by atoms with Gasteiger partial charge < -0.3 is 14.4 Å². The second-order valence-electron chi connectivity index (χ2n) is 6.97. The molecule has 1 aliphatic rings. The lowest BCUT2D eigenvalue weighted by atomic mass is 10.0. The summed E-state index contributed by atoms with van der Waals surface area (Å²) in [7, 11) is 0. The number of ether oxygens (including phenoxy) is 2. The van der Waals surface area contributed by atoms with Gasteiger partial charge in [-0.1, -0.05) is 0 Å². The first-order chi connectivity index (χ1) is 10.8. The number of likely N-dealkylation sites (tertiary alicyclic amines) is 1. The van der Waals surface area contributed by atoms with Gasteiger partial charge in [0.15, 0.2) is 0 Å². The molecule has 6 heteroatoms. The van der Waals surface area contributed by atoms with Crippen molar-refractivity contribution in [1.29, 1.82) is 0 Å². The Kier molecular flexibility index (Phi) is 5.80. The fourth-order valence-corrected chi connectivity index (χ4v) is 2.62. The van der Waals surface area contributed by atoms with Crippen LogP contribution in [0.15, 0.2) is 12.1 Å². The van der Waals surface area contributed by atoms with E-state index in [4.69, 9.17) is 9.47 Å². The third kappa shape index (κ3) is 5.69. The molecule has 1 aromatic rings. The molecule has 1 aromatic heterocycles. The molecule has 2 rings (SSSR count). The fraction of sp³-hybridized carbons (Fsp3) is 0.706. The Morgan fingerprint density at radius 3 is 2.74 bits per heavy atom. The zero-order chi connectivity index (χ0) is 16.9. The van der Waals surface area contributed by atoms with Gasteiger partial charge in [-0.05, 0) is 53.0 Å². The molecule has 1 atom stereocenters. The van der Waals surface area contributed by atoms with Crippen LogP contribution in [-0.4, -0.2) is 46.0 Å². The van der Waals surface area contributed by atoms with E-state index in [0.29, 0.717) is 12.5 Å². The molecule has 0 aliphatic carbocycles. The predicted molar refractivity (Wildman–Crippen MR) is 87.5 cm³/mol. The first-order valence-corrected chi connectivity index (χ1v) is 8.28. The summed E-state index contributed by atoms with van der Waals surface area (Å²) in [6.45, 7) is 8.83. The van der Waals surface area contributed by atoms with E-state index >= 15 is 0 Å². The van der Waals surface area contributed by atoms with Gasteiger partial charge in [0.1, 0.15) is 5.60 Å². The molecule has 0 unspecified atom stereocenters. The van der Waals surface area contributed by atoms with Gasteiger partial charge >= 0.3 is 6.09 Å². The Hall–Kier alpha value is -1.85. The summed E-state index contributed by atoms with van der Waals surface area (Å²) in [6, 6.07) is 3.85. The monoisotopic (exact) mass is 321 g/mol. The number of piperidine rings is 1. The van der Waals surface area contributed by atoms with Gasteiger partial charge in [0, 0.05) is 25.1 Å². The standard InChI is InChI=1S/C17H27N3O3/c1-13-8-9-15(19-18-13)22-12-10-14-7-5-6-11-20(14)16(21)23-17(2,3)4/h8-9,14H,5-7,10-12H2,1-4H3/t14-/m0/s1. The number of carbonyl (C=O) groups is 1. The van der Waals surface area contributed by atoms with Crippen LogP contribution in [0.2, 0.25) is 0 Å². The second-order valence-corrected chi connectivity index (χ2v) is 6.97. The highest BCUT2D eigenvalue weighted by Crippen LogP contribution is 2.22. The van der Waals surface area contributed by atoms with Crippen molar-refractivity contribution in [2.75, 3.05) is 13.2 Å². The number of carbonyl (C=O) groups excluding carboxylic acids is 1. The van der Waals surface area contributed by atoms with E-state index in [-0.39, 0.29) is 12.1 Å². The summed E-state index contributed by atoms with van der Waals surface area (Å²) >= 11 is 0. The Morgan fingerprint density at radius 2 is 2.09 bits per heavy atom. The molecule has 0 radical (unpaired) electrons. The number of hydrogen-bond donors (Lipinski definition) is 0. The quantitative estimate of drug-likeness (QED) is 0.851. The number of aryl methyl sites for hydroxylation is 1. The maximum Gasteiger partial charge on any atom is 0.410 e. The molecule has 0 aromatic carbocycles. The van der Waals surface area contributed by atoms with E-state index in [1.54, 1.807) is 0 Å². The van der Waals surface area contributed by atoms with E-state index in [1.807, 2.05) is 44.7 Å². The SMILES string of the molecule is Cc1ccc(OCC[C@@H]2CCCCN2C(=O)OC(C)(C)C)nn1. The topological polar surface area (TPSA) is 64.5 Å².